The number of hydrogen-bond donors (Lipinski definition) is 6. The molecule has 0 aliphatic carbocycles. The number of anilines is 2. The van der Waals surface area contributed by atoms with E-state index in [0.29, 0.717) is 30.2 Å². The highest BCUT2D eigenvalue weighted by Crippen LogP contribution is 2.25. The van der Waals surface area contributed by atoms with Crippen LogP contribution in [-0.2, 0) is 0 Å². The molecule has 3 aromatic rings. The third kappa shape index (κ3) is 3.53. The first-order chi connectivity index (χ1) is 12.1. The lowest BCUT2D eigenvalue weighted by atomic mass is 10.1. The number of nitrogens with zero attached hydrogens (tertiary/aromatic N) is 2. The van der Waals surface area contributed by atoms with Crippen molar-refractivity contribution in [2.45, 2.75) is 12.8 Å². The molecule has 3 rings (SSSR count). The molecule has 2 heterocycles. The van der Waals surface area contributed by atoms with E-state index in [-0.39, 0.29) is 17.3 Å². The number of benzene rings is 1. The molecule has 0 fully saturated rings. The minimum absolute atomic E-state index is 0.164. The van der Waals surface area contributed by atoms with Crippen LogP contribution in [0.1, 0.15) is 24.1 Å². The van der Waals surface area contributed by atoms with Gasteiger partial charge in [0.25, 0.3) is 0 Å². The monoisotopic (exact) mass is 339 g/mol. The summed E-state index contributed by atoms with van der Waals surface area (Å²) in [6, 6.07) is 6.84. The largest absolute Gasteiger partial charge is 0.508 e. The lowest BCUT2D eigenvalue weighted by molar-refractivity contribution is 0.476. The first-order valence-corrected chi connectivity index (χ1v) is 8.05. The number of hydrogen-bond acceptors (Lipinski definition) is 7. The summed E-state index contributed by atoms with van der Waals surface area (Å²) in [6.07, 6.45) is 3.19. The standard InChI is InChI=1S/C17H21N7O/c18-5-1-2-6-21-17-14(16(20)22-9-23-17)15(19)13-7-10-3-4-11(25)8-12(10)24-13/h3-4,7-9,19,24-25H,1-2,5-6,18H2,(H3,20,21,22,23). The van der Waals surface area contributed by atoms with Gasteiger partial charge in [-0.3, -0.25) is 5.41 Å². The van der Waals surface area contributed by atoms with Crippen molar-refractivity contribution < 1.29 is 5.11 Å². The Kier molecular flexibility index (Phi) is 4.80. The van der Waals surface area contributed by atoms with Crippen LogP contribution in [0.15, 0.2) is 30.6 Å². The van der Waals surface area contributed by atoms with Crippen LogP contribution < -0.4 is 16.8 Å². The van der Waals surface area contributed by atoms with Crippen molar-refractivity contribution in [2.75, 3.05) is 24.1 Å². The van der Waals surface area contributed by atoms with E-state index in [2.05, 4.69) is 20.3 Å². The van der Waals surface area contributed by atoms with E-state index >= 15 is 0 Å². The molecule has 0 saturated heterocycles. The molecule has 0 unspecified atom stereocenters. The number of unbranched alkanes of at least 4 members (excludes halogenated alkanes) is 1. The van der Waals surface area contributed by atoms with Crippen molar-refractivity contribution in [2.24, 2.45) is 5.73 Å². The van der Waals surface area contributed by atoms with Crippen molar-refractivity contribution in [1.29, 1.82) is 5.41 Å². The fourth-order valence-corrected chi connectivity index (χ4v) is 2.64. The molecule has 8 nitrogen and oxygen atoms in total. The van der Waals surface area contributed by atoms with Crippen LogP contribution in [0.5, 0.6) is 5.75 Å². The van der Waals surface area contributed by atoms with Crippen LogP contribution in [-0.4, -0.2) is 38.9 Å². The fraction of sp³-hybridized carbons (Fsp3) is 0.235. The van der Waals surface area contributed by atoms with Gasteiger partial charge in [-0.05, 0) is 37.6 Å². The van der Waals surface area contributed by atoms with E-state index < -0.39 is 0 Å². The molecule has 130 valence electrons. The number of aromatic hydroxyl groups is 1. The zero-order chi connectivity index (χ0) is 17.8. The number of rotatable bonds is 7. The van der Waals surface area contributed by atoms with Crippen LogP contribution in [0.3, 0.4) is 0 Å². The summed E-state index contributed by atoms with van der Waals surface area (Å²) in [7, 11) is 0. The van der Waals surface area contributed by atoms with Crippen LogP contribution in [0, 0.1) is 5.41 Å². The van der Waals surface area contributed by atoms with Gasteiger partial charge < -0.3 is 26.9 Å². The number of nitrogens with two attached hydrogens (primary N) is 2. The molecule has 0 radical (unpaired) electrons. The smallest absolute Gasteiger partial charge is 0.141 e. The Morgan fingerprint density at radius 3 is 2.88 bits per heavy atom. The Balaban J connectivity index is 1.92. The van der Waals surface area contributed by atoms with E-state index in [1.807, 2.05) is 6.07 Å². The summed E-state index contributed by atoms with van der Waals surface area (Å²) < 4.78 is 0. The molecular formula is C17H21N7O. The molecule has 0 atom stereocenters. The van der Waals surface area contributed by atoms with Crippen molar-refractivity contribution in [1.82, 2.24) is 15.0 Å². The van der Waals surface area contributed by atoms with Gasteiger partial charge in [0, 0.05) is 23.5 Å². The maximum atomic E-state index is 9.59. The summed E-state index contributed by atoms with van der Waals surface area (Å²) in [5.74, 6) is 0.927. The van der Waals surface area contributed by atoms with Gasteiger partial charge in [0.1, 0.15) is 23.7 Å². The van der Waals surface area contributed by atoms with E-state index in [1.165, 1.54) is 6.33 Å². The Labute approximate surface area is 144 Å². The molecule has 8 heteroatoms. The number of nitrogen functional groups attached to an aromatic ring is 1. The maximum absolute atomic E-state index is 9.59. The second-order valence-corrected chi connectivity index (χ2v) is 5.73. The first kappa shape index (κ1) is 16.7. The molecule has 25 heavy (non-hydrogen) atoms. The topological polar surface area (TPSA) is 150 Å². The highest BCUT2D eigenvalue weighted by atomic mass is 16.3. The number of fused-ring (bicyclic) bond motifs is 1. The van der Waals surface area contributed by atoms with Crippen LogP contribution in [0.4, 0.5) is 11.6 Å². The fourth-order valence-electron chi connectivity index (χ4n) is 2.64. The average molecular weight is 339 g/mol. The van der Waals surface area contributed by atoms with E-state index in [9.17, 15) is 5.11 Å². The summed E-state index contributed by atoms with van der Waals surface area (Å²) in [4.78, 5) is 11.4. The lowest BCUT2D eigenvalue weighted by Gasteiger charge is -2.12. The van der Waals surface area contributed by atoms with E-state index in [0.717, 1.165) is 23.7 Å². The van der Waals surface area contributed by atoms with E-state index in [4.69, 9.17) is 16.9 Å². The molecule has 0 amide bonds. The maximum Gasteiger partial charge on any atom is 0.141 e. The molecule has 0 aliphatic rings. The van der Waals surface area contributed by atoms with Crippen LogP contribution >= 0.6 is 0 Å². The molecule has 0 bridgehead atoms. The van der Waals surface area contributed by atoms with Gasteiger partial charge >= 0.3 is 0 Å². The summed E-state index contributed by atoms with van der Waals surface area (Å²) >= 11 is 0. The Morgan fingerprint density at radius 2 is 2.08 bits per heavy atom. The molecule has 0 spiro atoms. The quantitative estimate of drug-likeness (QED) is 0.285. The van der Waals surface area contributed by atoms with Crippen molar-refractivity contribution in [3.8, 4) is 5.75 Å². The number of phenols is 1. The van der Waals surface area contributed by atoms with Gasteiger partial charge in [-0.25, -0.2) is 9.97 Å². The third-order valence-electron chi connectivity index (χ3n) is 3.93. The zero-order valence-corrected chi connectivity index (χ0v) is 13.7. The number of phenolic OH excluding ortho intramolecular Hbond substituents is 1. The number of aromatic nitrogens is 3. The van der Waals surface area contributed by atoms with Gasteiger partial charge in [-0.15, -0.1) is 0 Å². The van der Waals surface area contributed by atoms with Crippen LogP contribution in [0.2, 0.25) is 0 Å². The van der Waals surface area contributed by atoms with E-state index in [1.54, 1.807) is 18.2 Å². The predicted octanol–water partition coefficient (Wildman–Crippen LogP) is 1.81. The SMILES string of the molecule is N=C(c1cc2ccc(O)cc2[nH]1)c1c(N)ncnc1NCCCCN. The van der Waals surface area contributed by atoms with Gasteiger partial charge in [0.05, 0.1) is 17.0 Å². The van der Waals surface area contributed by atoms with Crippen molar-refractivity contribution >= 4 is 28.3 Å². The predicted molar refractivity (Wildman–Crippen MR) is 99.1 cm³/mol. The highest BCUT2D eigenvalue weighted by molar-refractivity contribution is 6.16. The van der Waals surface area contributed by atoms with Crippen LogP contribution in [0.25, 0.3) is 10.9 Å². The minimum Gasteiger partial charge on any atom is -0.508 e. The Morgan fingerprint density at radius 1 is 1.24 bits per heavy atom. The second-order valence-electron chi connectivity index (χ2n) is 5.73. The summed E-state index contributed by atoms with van der Waals surface area (Å²) in [5, 5.41) is 22.2. The highest BCUT2D eigenvalue weighted by Gasteiger charge is 2.17. The molecule has 0 saturated carbocycles. The first-order valence-electron chi connectivity index (χ1n) is 8.05. The van der Waals surface area contributed by atoms with Crippen molar-refractivity contribution in [3.05, 3.63) is 41.9 Å². The van der Waals surface area contributed by atoms with Crippen molar-refractivity contribution in [3.63, 3.8) is 0 Å². The third-order valence-corrected chi connectivity index (χ3v) is 3.93. The lowest BCUT2D eigenvalue weighted by Crippen LogP contribution is -2.15. The molecular weight excluding hydrogens is 318 g/mol. The van der Waals surface area contributed by atoms with Gasteiger partial charge in [0.15, 0.2) is 0 Å². The zero-order valence-electron chi connectivity index (χ0n) is 13.7. The normalized spacial score (nSPS) is 10.9. The van der Waals surface area contributed by atoms with Gasteiger partial charge in [0.2, 0.25) is 0 Å². The molecule has 0 aliphatic heterocycles. The second kappa shape index (κ2) is 7.18. The molecule has 8 N–H and O–H groups in total. The number of aromatic amines is 1. The Hall–Kier alpha value is -3.13. The molecule has 2 aromatic heterocycles. The molecule has 1 aromatic carbocycles. The number of nitrogens with one attached hydrogen (secondary N) is 3. The summed E-state index contributed by atoms with van der Waals surface area (Å²) in [5.41, 5.74) is 13.5. The van der Waals surface area contributed by atoms with Gasteiger partial charge in [-0.1, -0.05) is 0 Å². The summed E-state index contributed by atoms with van der Waals surface area (Å²) in [6.45, 7) is 1.33. The number of H-pyrrole nitrogens is 1. The average Bonchev–Trinajstić information content (AvgIpc) is 3.01. The van der Waals surface area contributed by atoms with Gasteiger partial charge in [-0.2, -0.15) is 0 Å². The Bertz CT molecular complexity index is 903. The minimum atomic E-state index is 0.164.